The van der Waals surface area contributed by atoms with E-state index in [2.05, 4.69) is 5.32 Å². The molecule has 1 unspecified atom stereocenters. The number of likely N-dealkylation sites (tertiary alicyclic amines) is 1. The van der Waals surface area contributed by atoms with E-state index in [1.165, 1.54) is 0 Å². The van der Waals surface area contributed by atoms with Crippen LogP contribution in [0.2, 0.25) is 5.02 Å². The van der Waals surface area contributed by atoms with Gasteiger partial charge in [0.25, 0.3) is 5.91 Å². The summed E-state index contributed by atoms with van der Waals surface area (Å²) >= 11 is 5.50. The van der Waals surface area contributed by atoms with Crippen LogP contribution in [0.25, 0.3) is 0 Å². The van der Waals surface area contributed by atoms with Gasteiger partial charge in [-0.25, -0.2) is 8.78 Å². The topological polar surface area (TPSA) is 32.3 Å². The highest BCUT2D eigenvalue weighted by molar-refractivity contribution is 6.30. The Morgan fingerprint density at radius 1 is 1.40 bits per heavy atom. The second-order valence-electron chi connectivity index (χ2n) is 4.95. The zero-order valence-electron chi connectivity index (χ0n) is 11.3. The smallest absolute Gasteiger partial charge is 0.257 e. The molecule has 1 heterocycles. The van der Waals surface area contributed by atoms with Gasteiger partial charge >= 0.3 is 0 Å². The lowest BCUT2D eigenvalue weighted by molar-refractivity contribution is 0.0609. The van der Waals surface area contributed by atoms with Gasteiger partial charge < -0.3 is 10.2 Å². The van der Waals surface area contributed by atoms with Crippen molar-refractivity contribution in [3.05, 3.63) is 34.4 Å². The minimum atomic E-state index is -0.782. The molecule has 20 heavy (non-hydrogen) atoms. The lowest BCUT2D eigenvalue weighted by Crippen LogP contribution is -2.48. The molecule has 6 heteroatoms. The molecule has 0 spiro atoms. The minimum Gasteiger partial charge on any atom is -0.334 e. The Morgan fingerprint density at radius 3 is 2.85 bits per heavy atom. The third kappa shape index (κ3) is 3.10. The largest absolute Gasteiger partial charge is 0.334 e. The normalized spacial score (nSPS) is 19.2. The van der Waals surface area contributed by atoms with E-state index in [0.29, 0.717) is 13.1 Å². The van der Waals surface area contributed by atoms with Crippen LogP contribution in [-0.2, 0) is 0 Å². The summed E-state index contributed by atoms with van der Waals surface area (Å²) in [5, 5.41) is 2.71. The number of hydrogen-bond donors (Lipinski definition) is 1. The van der Waals surface area contributed by atoms with Crippen LogP contribution in [0.1, 0.15) is 29.6 Å². The van der Waals surface area contributed by atoms with Crippen molar-refractivity contribution >= 4 is 17.5 Å². The number of nitrogens with one attached hydrogen (secondary N) is 1. The van der Waals surface area contributed by atoms with Crippen molar-refractivity contribution in [2.75, 3.05) is 20.1 Å². The fourth-order valence-corrected chi connectivity index (χ4v) is 2.71. The van der Waals surface area contributed by atoms with Gasteiger partial charge in [0.2, 0.25) is 0 Å². The highest BCUT2D eigenvalue weighted by Gasteiger charge is 2.29. The number of benzene rings is 1. The van der Waals surface area contributed by atoms with Crippen LogP contribution in [0.15, 0.2) is 12.1 Å². The molecule has 0 aromatic heterocycles. The first-order valence-corrected chi connectivity index (χ1v) is 7.02. The van der Waals surface area contributed by atoms with Crippen LogP contribution in [0.5, 0.6) is 0 Å². The maximum atomic E-state index is 13.8. The molecule has 1 atom stereocenters. The summed E-state index contributed by atoms with van der Waals surface area (Å²) in [6, 6.07) is 1.74. The summed E-state index contributed by atoms with van der Waals surface area (Å²) in [5.41, 5.74) is -0.255. The molecule has 1 amide bonds. The third-order valence-electron chi connectivity index (χ3n) is 3.57. The Kier molecular flexibility index (Phi) is 4.94. The van der Waals surface area contributed by atoms with Gasteiger partial charge in [-0.1, -0.05) is 11.6 Å². The molecule has 1 aromatic rings. The van der Waals surface area contributed by atoms with Gasteiger partial charge in [0.15, 0.2) is 0 Å². The monoisotopic (exact) mass is 302 g/mol. The van der Waals surface area contributed by atoms with E-state index in [0.717, 1.165) is 31.4 Å². The second kappa shape index (κ2) is 6.50. The van der Waals surface area contributed by atoms with Crippen molar-refractivity contribution in [2.45, 2.75) is 25.3 Å². The van der Waals surface area contributed by atoms with Gasteiger partial charge in [-0.3, -0.25) is 4.79 Å². The van der Waals surface area contributed by atoms with Gasteiger partial charge in [0.05, 0.1) is 10.6 Å². The maximum Gasteiger partial charge on any atom is 0.257 e. The Balaban J connectivity index is 2.27. The number of carbonyl (C=O) groups excluding carboxylic acids is 1. The fourth-order valence-electron chi connectivity index (χ4n) is 2.56. The molecule has 0 aliphatic carbocycles. The van der Waals surface area contributed by atoms with Crippen LogP contribution in [-0.4, -0.2) is 37.0 Å². The van der Waals surface area contributed by atoms with Crippen LogP contribution >= 0.6 is 11.6 Å². The Labute approximate surface area is 121 Å². The van der Waals surface area contributed by atoms with Crippen LogP contribution < -0.4 is 5.32 Å². The number of likely N-dealkylation sites (N-methyl/N-ethyl adjacent to an activating group) is 1. The lowest BCUT2D eigenvalue weighted by Gasteiger charge is -2.35. The SMILES string of the molecule is CNCC1CCCCN1C(=O)c1cc(F)c(Cl)cc1F. The molecular weight excluding hydrogens is 286 g/mol. The number of amides is 1. The van der Waals surface area contributed by atoms with Crippen LogP contribution in [0.3, 0.4) is 0 Å². The Morgan fingerprint density at radius 2 is 2.15 bits per heavy atom. The van der Waals surface area contributed by atoms with Gasteiger partial charge in [-0.05, 0) is 38.4 Å². The summed E-state index contributed by atoms with van der Waals surface area (Å²) < 4.78 is 27.3. The summed E-state index contributed by atoms with van der Waals surface area (Å²) in [5.74, 6) is -2.04. The molecule has 1 aromatic carbocycles. The highest BCUT2D eigenvalue weighted by atomic mass is 35.5. The molecule has 1 aliphatic rings. The number of rotatable bonds is 3. The van der Waals surface area contributed by atoms with E-state index in [4.69, 9.17) is 11.6 Å². The highest BCUT2D eigenvalue weighted by Crippen LogP contribution is 2.24. The van der Waals surface area contributed by atoms with E-state index >= 15 is 0 Å². The number of nitrogens with zero attached hydrogens (tertiary/aromatic N) is 1. The van der Waals surface area contributed by atoms with E-state index < -0.39 is 17.5 Å². The van der Waals surface area contributed by atoms with Gasteiger partial charge in [0, 0.05) is 19.1 Å². The molecule has 1 saturated heterocycles. The minimum absolute atomic E-state index is 0.0133. The molecule has 0 radical (unpaired) electrons. The van der Waals surface area contributed by atoms with Crippen molar-refractivity contribution in [3.8, 4) is 0 Å². The zero-order valence-corrected chi connectivity index (χ0v) is 12.0. The molecule has 1 N–H and O–H groups in total. The molecule has 0 saturated carbocycles. The van der Waals surface area contributed by atoms with E-state index in [-0.39, 0.29) is 16.6 Å². The quantitative estimate of drug-likeness (QED) is 0.871. The molecule has 0 bridgehead atoms. The summed E-state index contributed by atoms with van der Waals surface area (Å²) in [6.07, 6.45) is 2.78. The summed E-state index contributed by atoms with van der Waals surface area (Å²) in [6.45, 7) is 1.21. The average molecular weight is 303 g/mol. The van der Waals surface area contributed by atoms with Gasteiger partial charge in [-0.2, -0.15) is 0 Å². The van der Waals surface area contributed by atoms with Crippen molar-refractivity contribution in [2.24, 2.45) is 0 Å². The summed E-state index contributed by atoms with van der Waals surface area (Å²) in [7, 11) is 1.81. The lowest BCUT2D eigenvalue weighted by atomic mass is 10.0. The Hall–Kier alpha value is -1.20. The van der Waals surface area contributed by atoms with Crippen LogP contribution in [0, 0.1) is 11.6 Å². The third-order valence-corrected chi connectivity index (χ3v) is 3.86. The predicted molar refractivity (Wildman–Crippen MR) is 74.0 cm³/mol. The van der Waals surface area contributed by atoms with E-state index in [1.807, 2.05) is 0 Å². The first-order valence-electron chi connectivity index (χ1n) is 6.64. The van der Waals surface area contributed by atoms with Crippen molar-refractivity contribution < 1.29 is 13.6 Å². The standard InChI is InChI=1S/C14H17ClF2N2O/c1-18-8-9-4-2-3-5-19(9)14(20)10-6-13(17)11(15)7-12(10)16/h6-7,9,18H,2-5,8H2,1H3. The molecular formula is C14H17ClF2N2O. The van der Waals surface area contributed by atoms with Gasteiger partial charge in [-0.15, -0.1) is 0 Å². The van der Waals surface area contributed by atoms with Gasteiger partial charge in [0.1, 0.15) is 11.6 Å². The number of halogens is 3. The average Bonchev–Trinajstić information content (AvgIpc) is 2.43. The second-order valence-corrected chi connectivity index (χ2v) is 5.36. The van der Waals surface area contributed by atoms with E-state index in [9.17, 15) is 13.6 Å². The van der Waals surface area contributed by atoms with Crippen molar-refractivity contribution in [3.63, 3.8) is 0 Å². The first kappa shape index (κ1) is 15.2. The number of hydrogen-bond acceptors (Lipinski definition) is 2. The molecule has 1 fully saturated rings. The van der Waals surface area contributed by atoms with Crippen LogP contribution in [0.4, 0.5) is 8.78 Å². The summed E-state index contributed by atoms with van der Waals surface area (Å²) in [4.78, 5) is 14.0. The zero-order chi connectivity index (χ0) is 14.7. The maximum absolute atomic E-state index is 13.8. The molecule has 3 nitrogen and oxygen atoms in total. The molecule has 1 aliphatic heterocycles. The van der Waals surface area contributed by atoms with E-state index in [1.54, 1.807) is 11.9 Å². The predicted octanol–water partition coefficient (Wildman–Crippen LogP) is 2.83. The first-order chi connectivity index (χ1) is 9.54. The number of piperidine rings is 1. The fraction of sp³-hybridized carbons (Fsp3) is 0.500. The Bertz CT molecular complexity index is 508. The molecule has 110 valence electrons. The van der Waals surface area contributed by atoms with Crippen molar-refractivity contribution in [1.82, 2.24) is 10.2 Å². The molecule has 2 rings (SSSR count). The number of carbonyl (C=O) groups is 1. The van der Waals surface area contributed by atoms with Crippen molar-refractivity contribution in [1.29, 1.82) is 0 Å².